The van der Waals surface area contributed by atoms with Crippen molar-refractivity contribution < 1.29 is 5.11 Å². The summed E-state index contributed by atoms with van der Waals surface area (Å²) in [5, 5.41) is 10.4. The maximum absolute atomic E-state index is 9.43. The summed E-state index contributed by atoms with van der Waals surface area (Å²) in [5.41, 5.74) is 1.81. The summed E-state index contributed by atoms with van der Waals surface area (Å²) in [6, 6.07) is 7.36. The fraction of sp³-hybridized carbons (Fsp3) is 0.100. The molecular formula is C10H10BrNO. The van der Waals surface area contributed by atoms with Gasteiger partial charge in [0.25, 0.3) is 0 Å². The summed E-state index contributed by atoms with van der Waals surface area (Å²) < 4.78 is 0. The minimum absolute atomic E-state index is 0. The Hall–Kier alpha value is -1.09. The number of benzene rings is 1. The maximum atomic E-state index is 9.43. The van der Waals surface area contributed by atoms with E-state index in [-0.39, 0.29) is 22.7 Å². The van der Waals surface area contributed by atoms with Crippen molar-refractivity contribution in [2.45, 2.75) is 6.92 Å². The quantitative estimate of drug-likeness (QED) is 0.768. The SMILES string of the molecule is Br.Cc1ccnc2c(O)cccc12. The van der Waals surface area contributed by atoms with E-state index in [0.717, 1.165) is 10.9 Å². The number of aromatic hydroxyl groups is 1. The van der Waals surface area contributed by atoms with Gasteiger partial charge in [-0.1, -0.05) is 12.1 Å². The van der Waals surface area contributed by atoms with Gasteiger partial charge in [0.2, 0.25) is 0 Å². The molecule has 2 aromatic rings. The highest BCUT2D eigenvalue weighted by molar-refractivity contribution is 8.93. The second kappa shape index (κ2) is 3.75. The molecule has 0 saturated carbocycles. The van der Waals surface area contributed by atoms with Crippen LogP contribution < -0.4 is 0 Å². The smallest absolute Gasteiger partial charge is 0.141 e. The summed E-state index contributed by atoms with van der Waals surface area (Å²) in [5.74, 6) is 0.246. The lowest BCUT2D eigenvalue weighted by Crippen LogP contribution is -1.81. The third kappa shape index (κ3) is 1.65. The van der Waals surface area contributed by atoms with E-state index in [2.05, 4.69) is 4.98 Å². The summed E-state index contributed by atoms with van der Waals surface area (Å²) in [6.07, 6.45) is 1.71. The first-order valence-electron chi connectivity index (χ1n) is 3.82. The van der Waals surface area contributed by atoms with Gasteiger partial charge in [-0.15, -0.1) is 17.0 Å². The van der Waals surface area contributed by atoms with Crippen LogP contribution in [0.1, 0.15) is 5.56 Å². The molecule has 1 heterocycles. The molecule has 13 heavy (non-hydrogen) atoms. The van der Waals surface area contributed by atoms with Crippen LogP contribution in [0, 0.1) is 6.92 Å². The van der Waals surface area contributed by atoms with Crippen molar-refractivity contribution in [1.82, 2.24) is 4.98 Å². The van der Waals surface area contributed by atoms with E-state index in [1.54, 1.807) is 12.3 Å². The number of para-hydroxylation sites is 1. The lowest BCUT2D eigenvalue weighted by atomic mass is 10.1. The molecule has 0 spiro atoms. The summed E-state index contributed by atoms with van der Waals surface area (Å²) >= 11 is 0. The number of hydrogen-bond donors (Lipinski definition) is 1. The van der Waals surface area contributed by atoms with Gasteiger partial charge in [0.15, 0.2) is 0 Å². The van der Waals surface area contributed by atoms with Gasteiger partial charge in [-0.25, -0.2) is 0 Å². The van der Waals surface area contributed by atoms with Gasteiger partial charge >= 0.3 is 0 Å². The van der Waals surface area contributed by atoms with Gasteiger partial charge in [-0.3, -0.25) is 4.98 Å². The molecule has 0 aliphatic carbocycles. The Morgan fingerprint density at radius 3 is 2.69 bits per heavy atom. The zero-order valence-corrected chi connectivity index (χ0v) is 8.90. The molecule has 1 aromatic carbocycles. The second-order valence-electron chi connectivity index (χ2n) is 2.80. The van der Waals surface area contributed by atoms with E-state index in [1.165, 1.54) is 0 Å². The van der Waals surface area contributed by atoms with Crippen LogP contribution in [0.3, 0.4) is 0 Å². The molecule has 0 radical (unpaired) electrons. The second-order valence-corrected chi connectivity index (χ2v) is 2.80. The largest absolute Gasteiger partial charge is 0.506 e. The Bertz CT molecular complexity index is 387. The Morgan fingerprint density at radius 2 is 2.00 bits per heavy atom. The minimum Gasteiger partial charge on any atom is -0.506 e. The van der Waals surface area contributed by atoms with E-state index < -0.39 is 0 Å². The molecule has 1 N–H and O–H groups in total. The van der Waals surface area contributed by atoms with Crippen molar-refractivity contribution in [3.63, 3.8) is 0 Å². The van der Waals surface area contributed by atoms with E-state index >= 15 is 0 Å². The summed E-state index contributed by atoms with van der Waals surface area (Å²) in [6.45, 7) is 2.00. The molecule has 2 nitrogen and oxygen atoms in total. The number of fused-ring (bicyclic) bond motifs is 1. The topological polar surface area (TPSA) is 33.1 Å². The van der Waals surface area contributed by atoms with Gasteiger partial charge in [0.1, 0.15) is 11.3 Å². The molecule has 0 unspecified atom stereocenters. The van der Waals surface area contributed by atoms with Crippen molar-refractivity contribution >= 4 is 27.9 Å². The zero-order valence-electron chi connectivity index (χ0n) is 7.19. The van der Waals surface area contributed by atoms with Crippen molar-refractivity contribution in [2.24, 2.45) is 0 Å². The van der Waals surface area contributed by atoms with Crippen LogP contribution in [-0.4, -0.2) is 10.1 Å². The number of rotatable bonds is 0. The van der Waals surface area contributed by atoms with Crippen LogP contribution >= 0.6 is 17.0 Å². The molecule has 1 aromatic heterocycles. The Morgan fingerprint density at radius 1 is 1.23 bits per heavy atom. The number of phenolic OH excluding ortho intramolecular Hbond substituents is 1. The monoisotopic (exact) mass is 239 g/mol. The Labute approximate surface area is 87.0 Å². The highest BCUT2D eigenvalue weighted by Crippen LogP contribution is 2.23. The number of hydrogen-bond acceptors (Lipinski definition) is 2. The fourth-order valence-corrected chi connectivity index (χ4v) is 1.30. The van der Waals surface area contributed by atoms with Gasteiger partial charge in [-0.2, -0.15) is 0 Å². The molecule has 3 heteroatoms. The molecule has 0 aliphatic rings. The van der Waals surface area contributed by atoms with Gasteiger partial charge in [0, 0.05) is 11.6 Å². The zero-order chi connectivity index (χ0) is 8.55. The molecule has 0 amide bonds. The number of phenols is 1. The van der Waals surface area contributed by atoms with Crippen molar-refractivity contribution in [2.75, 3.05) is 0 Å². The molecule has 0 aliphatic heterocycles. The van der Waals surface area contributed by atoms with E-state index in [0.29, 0.717) is 5.52 Å². The summed E-state index contributed by atoms with van der Waals surface area (Å²) in [4.78, 5) is 4.09. The number of pyridine rings is 1. The highest BCUT2D eigenvalue weighted by atomic mass is 79.9. The highest BCUT2D eigenvalue weighted by Gasteiger charge is 2.00. The first-order valence-corrected chi connectivity index (χ1v) is 3.82. The lowest BCUT2D eigenvalue weighted by Gasteiger charge is -2.01. The van der Waals surface area contributed by atoms with Crippen LogP contribution in [-0.2, 0) is 0 Å². The molecular weight excluding hydrogens is 230 g/mol. The maximum Gasteiger partial charge on any atom is 0.141 e. The Kier molecular flexibility index (Phi) is 2.88. The van der Waals surface area contributed by atoms with Crippen LogP contribution in [0.4, 0.5) is 0 Å². The van der Waals surface area contributed by atoms with Gasteiger partial charge in [-0.05, 0) is 24.6 Å². The van der Waals surface area contributed by atoms with Crippen molar-refractivity contribution in [3.8, 4) is 5.75 Å². The molecule has 0 atom stereocenters. The van der Waals surface area contributed by atoms with E-state index in [9.17, 15) is 5.11 Å². The standard InChI is InChI=1S/C10H9NO.BrH/c1-7-5-6-11-10-8(7)3-2-4-9(10)12;/h2-6,12H,1H3;1H. The van der Waals surface area contributed by atoms with Crippen molar-refractivity contribution in [3.05, 3.63) is 36.0 Å². The van der Waals surface area contributed by atoms with Gasteiger partial charge in [0.05, 0.1) is 0 Å². The lowest BCUT2D eigenvalue weighted by molar-refractivity contribution is 0.480. The predicted octanol–water partition coefficient (Wildman–Crippen LogP) is 2.83. The van der Waals surface area contributed by atoms with Crippen LogP contribution in [0.5, 0.6) is 5.75 Å². The van der Waals surface area contributed by atoms with Gasteiger partial charge < -0.3 is 5.11 Å². The third-order valence-corrected chi connectivity index (χ3v) is 1.97. The summed E-state index contributed by atoms with van der Waals surface area (Å²) in [7, 11) is 0. The molecule has 0 saturated heterocycles. The minimum atomic E-state index is 0. The van der Waals surface area contributed by atoms with Crippen molar-refractivity contribution in [1.29, 1.82) is 0 Å². The number of halogens is 1. The van der Waals surface area contributed by atoms with Crippen LogP contribution in [0.15, 0.2) is 30.5 Å². The molecule has 2 rings (SSSR count). The first kappa shape index (κ1) is 9.99. The normalized spacial score (nSPS) is 9.62. The fourth-order valence-electron chi connectivity index (χ4n) is 1.30. The first-order chi connectivity index (χ1) is 5.79. The molecule has 0 bridgehead atoms. The average molecular weight is 240 g/mol. The Balaban J connectivity index is 0.000000845. The molecule has 0 fully saturated rings. The average Bonchev–Trinajstić information content (AvgIpc) is 2.07. The number of aromatic nitrogens is 1. The van der Waals surface area contributed by atoms with Crippen LogP contribution in [0.2, 0.25) is 0 Å². The van der Waals surface area contributed by atoms with Crippen LogP contribution in [0.25, 0.3) is 10.9 Å². The number of nitrogens with zero attached hydrogens (tertiary/aromatic N) is 1. The van der Waals surface area contributed by atoms with E-state index in [4.69, 9.17) is 0 Å². The molecule has 68 valence electrons. The third-order valence-electron chi connectivity index (χ3n) is 1.97. The number of aryl methyl sites for hydroxylation is 1. The predicted molar refractivity (Wildman–Crippen MR) is 58.5 cm³/mol. The van der Waals surface area contributed by atoms with E-state index in [1.807, 2.05) is 25.1 Å².